The lowest BCUT2D eigenvalue weighted by Crippen LogP contribution is -2.22. The number of hydrogen-bond acceptors (Lipinski definition) is 7. The fourth-order valence-corrected chi connectivity index (χ4v) is 2.49. The quantitative estimate of drug-likeness (QED) is 0.567. The highest BCUT2D eigenvalue weighted by molar-refractivity contribution is 8.02. The number of anilines is 3. The van der Waals surface area contributed by atoms with E-state index in [0.29, 0.717) is 0 Å². The summed E-state index contributed by atoms with van der Waals surface area (Å²) in [5.41, 5.74) is 16.5. The van der Waals surface area contributed by atoms with Crippen molar-refractivity contribution in [2.75, 3.05) is 17.2 Å². The Hall–Kier alpha value is -2.74. The maximum absolute atomic E-state index is 12.1. The molecule has 0 aliphatic carbocycles. The van der Waals surface area contributed by atoms with Gasteiger partial charge in [-0.25, -0.2) is 0 Å². The molecule has 0 heterocycles. The maximum Gasteiger partial charge on any atom is 0.378 e. The van der Waals surface area contributed by atoms with Crippen molar-refractivity contribution in [3.63, 3.8) is 0 Å². The molecule has 6 N–H and O–H groups in total. The van der Waals surface area contributed by atoms with Crippen molar-refractivity contribution < 1.29 is 17.4 Å². The second-order valence-electron chi connectivity index (χ2n) is 4.21. The molecule has 110 valence electrons. The van der Waals surface area contributed by atoms with Crippen molar-refractivity contribution in [1.82, 2.24) is 0 Å². The lowest BCUT2D eigenvalue weighted by atomic mass is 10.1. The Morgan fingerprint density at radius 2 is 1.48 bits per heavy atom. The zero-order valence-corrected chi connectivity index (χ0v) is 11.6. The molecule has 0 saturated carbocycles. The molecule has 0 spiro atoms. The van der Waals surface area contributed by atoms with Gasteiger partial charge < -0.3 is 21.4 Å². The van der Waals surface area contributed by atoms with Gasteiger partial charge in [0.1, 0.15) is 5.75 Å². The first-order chi connectivity index (χ1) is 9.81. The molecule has 0 bridgehead atoms. The first-order valence-corrected chi connectivity index (χ1v) is 7.20. The van der Waals surface area contributed by atoms with Crippen LogP contribution in [0, 0.1) is 0 Å². The molecular formula is C13H13N3O4S. The van der Waals surface area contributed by atoms with Crippen LogP contribution in [0.5, 0.6) is 5.75 Å². The molecule has 2 aromatic carbocycles. The van der Waals surface area contributed by atoms with Gasteiger partial charge in [-0.3, -0.25) is 4.79 Å². The third-order valence-corrected chi connectivity index (χ3v) is 3.74. The average molecular weight is 307 g/mol. The Balaban J connectivity index is 2.37. The summed E-state index contributed by atoms with van der Waals surface area (Å²) in [5.74, 6) is 0.0211. The highest BCUT2D eigenvalue weighted by atomic mass is 32.2. The van der Waals surface area contributed by atoms with Crippen LogP contribution in [-0.2, 0) is 10.1 Å². The SMILES string of the molecule is Nc1cc(N)c(C(=O)S(=O)(=O)Oc2ccccc2)cc1N. The highest BCUT2D eigenvalue weighted by Crippen LogP contribution is 2.25. The van der Waals surface area contributed by atoms with E-state index >= 15 is 0 Å². The molecule has 2 aromatic rings. The van der Waals surface area contributed by atoms with Gasteiger partial charge in [0.2, 0.25) is 0 Å². The molecule has 0 amide bonds. The fraction of sp³-hybridized carbons (Fsp3) is 0. The van der Waals surface area contributed by atoms with Gasteiger partial charge in [0.25, 0.3) is 0 Å². The van der Waals surface area contributed by atoms with E-state index < -0.39 is 15.2 Å². The van der Waals surface area contributed by atoms with Crippen molar-refractivity contribution in [2.24, 2.45) is 0 Å². The van der Waals surface area contributed by atoms with Crippen molar-refractivity contribution >= 4 is 32.3 Å². The van der Waals surface area contributed by atoms with Crippen LogP contribution in [0.1, 0.15) is 10.4 Å². The second-order valence-corrected chi connectivity index (χ2v) is 5.65. The second kappa shape index (κ2) is 5.33. The molecular weight excluding hydrogens is 294 g/mol. The summed E-state index contributed by atoms with van der Waals surface area (Å²) >= 11 is 0. The molecule has 0 atom stereocenters. The average Bonchev–Trinajstić information content (AvgIpc) is 2.42. The van der Waals surface area contributed by atoms with Gasteiger partial charge in [-0.1, -0.05) is 18.2 Å². The van der Waals surface area contributed by atoms with E-state index in [9.17, 15) is 13.2 Å². The molecule has 21 heavy (non-hydrogen) atoms. The number of carbonyl (C=O) groups is 1. The molecule has 8 heteroatoms. The van der Waals surface area contributed by atoms with Gasteiger partial charge in [0, 0.05) is 5.69 Å². The molecule has 0 aliphatic rings. The summed E-state index contributed by atoms with van der Waals surface area (Å²) in [6.07, 6.45) is 0. The summed E-state index contributed by atoms with van der Waals surface area (Å²) in [4.78, 5) is 12.1. The fourth-order valence-electron chi connectivity index (χ4n) is 1.60. The Morgan fingerprint density at radius 3 is 2.10 bits per heavy atom. The molecule has 0 aliphatic heterocycles. The zero-order chi connectivity index (χ0) is 15.6. The summed E-state index contributed by atoms with van der Waals surface area (Å²) in [5, 5.41) is -1.28. The van der Waals surface area contributed by atoms with Crippen LogP contribution in [0.3, 0.4) is 0 Å². The minimum atomic E-state index is -4.53. The third-order valence-electron chi connectivity index (χ3n) is 2.65. The standard InChI is InChI=1S/C13H13N3O4S/c14-10-7-12(16)11(15)6-9(10)13(17)21(18,19)20-8-4-2-1-3-5-8/h1-7H,14-16H2. The van der Waals surface area contributed by atoms with Crippen molar-refractivity contribution in [2.45, 2.75) is 0 Å². The normalized spacial score (nSPS) is 11.0. The minimum absolute atomic E-state index is 0.0211. The van der Waals surface area contributed by atoms with Crippen LogP contribution in [0.15, 0.2) is 42.5 Å². The number of hydrogen-bond donors (Lipinski definition) is 3. The zero-order valence-electron chi connectivity index (χ0n) is 10.8. The topological polar surface area (TPSA) is 138 Å². The smallest absolute Gasteiger partial charge is 0.378 e. The van der Waals surface area contributed by atoms with Crippen LogP contribution in [0.2, 0.25) is 0 Å². The lowest BCUT2D eigenvalue weighted by Gasteiger charge is -2.09. The monoisotopic (exact) mass is 307 g/mol. The number of rotatable bonds is 3. The van der Waals surface area contributed by atoms with Gasteiger partial charge in [0.15, 0.2) is 0 Å². The van der Waals surface area contributed by atoms with Gasteiger partial charge in [-0.15, -0.1) is 0 Å². The molecule has 0 fully saturated rings. The summed E-state index contributed by atoms with van der Waals surface area (Å²) < 4.78 is 28.6. The molecule has 2 rings (SSSR count). The maximum atomic E-state index is 12.1. The van der Waals surface area contributed by atoms with Crippen LogP contribution in [0.25, 0.3) is 0 Å². The van der Waals surface area contributed by atoms with E-state index in [1.54, 1.807) is 18.2 Å². The minimum Gasteiger partial charge on any atom is -0.398 e. The summed E-state index contributed by atoms with van der Waals surface area (Å²) in [6.45, 7) is 0. The molecule has 0 radical (unpaired) electrons. The first-order valence-electron chi connectivity index (χ1n) is 5.79. The molecule has 0 unspecified atom stereocenters. The Kier molecular flexibility index (Phi) is 3.72. The lowest BCUT2D eigenvalue weighted by molar-refractivity contribution is 0.106. The largest absolute Gasteiger partial charge is 0.398 e. The third kappa shape index (κ3) is 3.06. The number of benzene rings is 2. The van der Waals surface area contributed by atoms with E-state index in [1.807, 2.05) is 0 Å². The first kappa shape index (κ1) is 14.7. The molecule has 0 aromatic heterocycles. The van der Waals surface area contributed by atoms with Gasteiger partial charge in [0.05, 0.1) is 16.9 Å². The Morgan fingerprint density at radius 1 is 0.905 bits per heavy atom. The van der Waals surface area contributed by atoms with Gasteiger partial charge in [-0.05, 0) is 24.3 Å². The molecule has 7 nitrogen and oxygen atoms in total. The van der Waals surface area contributed by atoms with Gasteiger partial charge >= 0.3 is 15.2 Å². The van der Waals surface area contributed by atoms with Crippen LogP contribution >= 0.6 is 0 Å². The summed E-state index contributed by atoms with van der Waals surface area (Å²) in [7, 11) is -4.53. The Bertz CT molecular complexity index is 789. The van der Waals surface area contributed by atoms with E-state index in [0.717, 1.165) is 6.07 Å². The van der Waals surface area contributed by atoms with E-state index in [2.05, 4.69) is 0 Å². The predicted molar refractivity (Wildman–Crippen MR) is 80.0 cm³/mol. The number of para-hydroxylation sites is 1. The van der Waals surface area contributed by atoms with Crippen LogP contribution < -0.4 is 21.4 Å². The number of nitrogen functional groups attached to an aromatic ring is 3. The number of carbonyl (C=O) groups excluding carboxylic acids is 1. The summed E-state index contributed by atoms with van der Waals surface area (Å²) in [6, 6.07) is 9.98. The highest BCUT2D eigenvalue weighted by Gasteiger charge is 2.28. The van der Waals surface area contributed by atoms with Crippen molar-refractivity contribution in [3.05, 3.63) is 48.0 Å². The van der Waals surface area contributed by atoms with Gasteiger partial charge in [-0.2, -0.15) is 8.42 Å². The predicted octanol–water partition coefficient (Wildman–Crippen LogP) is 0.982. The van der Waals surface area contributed by atoms with E-state index in [-0.39, 0.29) is 28.4 Å². The number of nitrogens with two attached hydrogens (primary N) is 3. The van der Waals surface area contributed by atoms with Crippen LogP contribution in [0.4, 0.5) is 17.1 Å². The van der Waals surface area contributed by atoms with Crippen LogP contribution in [-0.4, -0.2) is 13.5 Å². The van der Waals surface area contributed by atoms with E-state index in [1.165, 1.54) is 18.2 Å². The molecule has 0 saturated heterocycles. The van der Waals surface area contributed by atoms with Crippen molar-refractivity contribution in [3.8, 4) is 5.75 Å². The van der Waals surface area contributed by atoms with E-state index in [4.69, 9.17) is 21.4 Å². The van der Waals surface area contributed by atoms with Crippen molar-refractivity contribution in [1.29, 1.82) is 0 Å². The Labute approximate surface area is 121 Å².